The minimum absolute atomic E-state index is 0.109. The molecule has 0 saturated carbocycles. The Morgan fingerprint density at radius 1 is 1.26 bits per heavy atom. The zero-order valence-electron chi connectivity index (χ0n) is 18.5. The third-order valence-corrected chi connectivity index (χ3v) is 6.04. The second-order valence-corrected chi connectivity index (χ2v) is 7.97. The normalized spacial score (nSPS) is 19.7. The number of likely N-dealkylation sites (N-methyl/N-ethyl adjacent to an activating group) is 1. The molecule has 4 rings (SSSR count). The minimum Gasteiger partial charge on any atom is -0.392 e. The molecular formula is C24H22F3N5O2. The first-order valence-corrected chi connectivity index (χ1v) is 10.5. The number of anilines is 1. The van der Waals surface area contributed by atoms with Crippen molar-refractivity contribution in [3.05, 3.63) is 76.0 Å². The molecule has 176 valence electrons. The molecule has 10 heteroatoms. The Bertz CT molecular complexity index is 1250. The smallest absolute Gasteiger partial charge is 0.392 e. The maximum atomic E-state index is 13.6. The lowest BCUT2D eigenvalue weighted by Gasteiger charge is -2.45. The fourth-order valence-electron chi connectivity index (χ4n) is 4.49. The van der Waals surface area contributed by atoms with Crippen molar-refractivity contribution in [3.63, 3.8) is 0 Å². The minimum atomic E-state index is -4.55. The fourth-order valence-corrected chi connectivity index (χ4v) is 4.49. The number of carbonyl (C=O) groups is 1. The van der Waals surface area contributed by atoms with Crippen molar-refractivity contribution in [1.82, 2.24) is 10.2 Å². The number of amidine groups is 1. The molecule has 0 saturated heterocycles. The molecule has 2 N–H and O–H groups in total. The summed E-state index contributed by atoms with van der Waals surface area (Å²) in [5.41, 5.74) is 1.88. The molecule has 0 unspecified atom stereocenters. The molecule has 0 aliphatic carbocycles. The summed E-state index contributed by atoms with van der Waals surface area (Å²) in [6.45, 7) is 0.0975. The van der Waals surface area contributed by atoms with Crippen LogP contribution in [0.15, 0.2) is 58.7 Å². The number of rotatable bonds is 3. The topological polar surface area (TPSA) is 92.0 Å². The van der Waals surface area contributed by atoms with Gasteiger partial charge in [0.1, 0.15) is 5.84 Å². The summed E-state index contributed by atoms with van der Waals surface area (Å²) in [5, 5.41) is 22.4. The Morgan fingerprint density at radius 3 is 2.68 bits per heavy atom. The van der Waals surface area contributed by atoms with Gasteiger partial charge >= 0.3 is 12.2 Å². The van der Waals surface area contributed by atoms with Crippen LogP contribution in [0.4, 0.5) is 23.7 Å². The number of halogens is 3. The average Bonchev–Trinajstić information content (AvgIpc) is 2.84. The number of nitriles is 1. The van der Waals surface area contributed by atoms with Crippen molar-refractivity contribution in [3.8, 4) is 6.07 Å². The van der Waals surface area contributed by atoms with E-state index in [2.05, 4.69) is 10.3 Å². The van der Waals surface area contributed by atoms with Gasteiger partial charge in [-0.05, 0) is 41.5 Å². The van der Waals surface area contributed by atoms with Crippen LogP contribution in [-0.2, 0) is 12.8 Å². The van der Waals surface area contributed by atoms with Gasteiger partial charge < -0.3 is 15.3 Å². The lowest BCUT2D eigenvalue weighted by Crippen LogP contribution is -2.53. The number of nitrogens with one attached hydrogen (secondary N) is 1. The Morgan fingerprint density at radius 2 is 2.03 bits per heavy atom. The molecule has 0 aromatic heterocycles. The maximum absolute atomic E-state index is 13.6. The lowest BCUT2D eigenvalue weighted by molar-refractivity contribution is -0.137. The summed E-state index contributed by atoms with van der Waals surface area (Å²) < 4.78 is 40.2. The van der Waals surface area contributed by atoms with Gasteiger partial charge in [0.15, 0.2) is 0 Å². The molecule has 0 bridgehead atoms. The Labute approximate surface area is 194 Å². The van der Waals surface area contributed by atoms with Gasteiger partial charge in [0, 0.05) is 38.3 Å². The van der Waals surface area contributed by atoms with Gasteiger partial charge in [-0.15, -0.1) is 0 Å². The van der Waals surface area contributed by atoms with Crippen LogP contribution in [0.1, 0.15) is 34.7 Å². The lowest BCUT2D eigenvalue weighted by atomic mass is 9.86. The van der Waals surface area contributed by atoms with E-state index in [1.165, 1.54) is 21.9 Å². The van der Waals surface area contributed by atoms with Gasteiger partial charge in [-0.1, -0.05) is 12.1 Å². The van der Waals surface area contributed by atoms with Crippen molar-refractivity contribution in [2.45, 2.75) is 25.2 Å². The first-order valence-electron chi connectivity index (χ1n) is 10.5. The van der Waals surface area contributed by atoms with E-state index >= 15 is 0 Å². The third kappa shape index (κ3) is 3.88. The maximum Gasteiger partial charge on any atom is 0.416 e. The number of benzene rings is 2. The summed E-state index contributed by atoms with van der Waals surface area (Å²) in [5.74, 6) is 0.510. The SMILES string of the molecule is CN=C1NCCC2=C1[C@@H](c1ccc(C#N)cc1CO)N(C)C(=O)N2c1cccc(C(F)(F)F)c1. The molecule has 0 fully saturated rings. The third-order valence-electron chi connectivity index (χ3n) is 6.04. The zero-order valence-corrected chi connectivity index (χ0v) is 18.5. The van der Waals surface area contributed by atoms with E-state index in [1.54, 1.807) is 32.3 Å². The van der Waals surface area contributed by atoms with E-state index in [-0.39, 0.29) is 12.3 Å². The zero-order chi connectivity index (χ0) is 24.6. The van der Waals surface area contributed by atoms with Crippen molar-refractivity contribution in [2.24, 2.45) is 4.99 Å². The summed E-state index contributed by atoms with van der Waals surface area (Å²) in [6.07, 6.45) is -4.17. The molecule has 7 nitrogen and oxygen atoms in total. The quantitative estimate of drug-likeness (QED) is 0.712. The van der Waals surface area contributed by atoms with Crippen molar-refractivity contribution < 1.29 is 23.1 Å². The van der Waals surface area contributed by atoms with E-state index in [9.17, 15) is 28.3 Å². The van der Waals surface area contributed by atoms with Gasteiger partial charge in [-0.3, -0.25) is 9.89 Å². The summed E-state index contributed by atoms with van der Waals surface area (Å²) in [4.78, 5) is 20.6. The molecule has 2 heterocycles. The molecule has 2 aliphatic rings. The molecule has 34 heavy (non-hydrogen) atoms. The van der Waals surface area contributed by atoms with Crippen LogP contribution in [-0.4, -0.2) is 42.5 Å². The number of amides is 2. The van der Waals surface area contributed by atoms with E-state index in [0.29, 0.717) is 46.8 Å². The van der Waals surface area contributed by atoms with Crippen LogP contribution in [0.5, 0.6) is 0 Å². The van der Waals surface area contributed by atoms with Crippen molar-refractivity contribution in [1.29, 1.82) is 5.26 Å². The average molecular weight is 469 g/mol. The predicted molar refractivity (Wildman–Crippen MR) is 120 cm³/mol. The largest absolute Gasteiger partial charge is 0.416 e. The second kappa shape index (κ2) is 8.83. The van der Waals surface area contributed by atoms with Gasteiger partial charge in [0.05, 0.1) is 35.5 Å². The van der Waals surface area contributed by atoms with Crippen LogP contribution in [0, 0.1) is 11.3 Å². The molecule has 0 radical (unpaired) electrons. The molecule has 2 aliphatic heterocycles. The summed E-state index contributed by atoms with van der Waals surface area (Å²) in [7, 11) is 3.14. The fraction of sp³-hybridized carbons (Fsp3) is 0.292. The van der Waals surface area contributed by atoms with E-state index in [1.807, 2.05) is 6.07 Å². The van der Waals surface area contributed by atoms with Crippen LogP contribution in [0.25, 0.3) is 0 Å². The van der Waals surface area contributed by atoms with Crippen LogP contribution < -0.4 is 10.2 Å². The standard InChI is InChI=1S/C24H22F3N5O2/c1-29-22-20-19(8-9-30-22)32(17-5-3-4-16(11-17)24(25,26)27)23(34)31(2)21(20)18-7-6-14(12-28)10-15(18)13-33/h3-7,10-11,21,33H,8-9,13H2,1-2H3,(H,29,30)/t21-/m1/s1. The van der Waals surface area contributed by atoms with E-state index in [0.717, 1.165) is 12.1 Å². The number of hydrogen-bond donors (Lipinski definition) is 2. The van der Waals surface area contributed by atoms with Crippen molar-refractivity contribution >= 4 is 17.6 Å². The molecule has 2 aromatic rings. The monoisotopic (exact) mass is 469 g/mol. The number of aliphatic hydroxyl groups is 1. The van der Waals surface area contributed by atoms with Gasteiger partial charge in [-0.25, -0.2) is 4.79 Å². The molecular weight excluding hydrogens is 447 g/mol. The number of urea groups is 1. The molecule has 0 spiro atoms. The highest BCUT2D eigenvalue weighted by molar-refractivity contribution is 6.08. The predicted octanol–water partition coefficient (Wildman–Crippen LogP) is 3.96. The molecule has 1 atom stereocenters. The van der Waals surface area contributed by atoms with E-state index < -0.39 is 23.8 Å². The Hall–Kier alpha value is -3.84. The van der Waals surface area contributed by atoms with Gasteiger partial charge in [-0.2, -0.15) is 18.4 Å². The van der Waals surface area contributed by atoms with Crippen LogP contribution in [0.3, 0.4) is 0 Å². The molecule has 2 aromatic carbocycles. The van der Waals surface area contributed by atoms with Crippen LogP contribution in [0.2, 0.25) is 0 Å². The first-order chi connectivity index (χ1) is 16.2. The highest BCUT2D eigenvalue weighted by atomic mass is 19.4. The number of alkyl halides is 3. The van der Waals surface area contributed by atoms with Crippen molar-refractivity contribution in [2.75, 3.05) is 25.5 Å². The van der Waals surface area contributed by atoms with Gasteiger partial charge in [0.2, 0.25) is 0 Å². The van der Waals surface area contributed by atoms with Gasteiger partial charge in [0.25, 0.3) is 0 Å². The Balaban J connectivity index is 1.95. The molecule has 2 amide bonds. The number of hydrogen-bond acceptors (Lipinski definition) is 4. The number of nitrogens with zero attached hydrogens (tertiary/aromatic N) is 4. The highest BCUT2D eigenvalue weighted by Crippen LogP contribution is 2.43. The highest BCUT2D eigenvalue weighted by Gasteiger charge is 2.43. The first kappa shape index (κ1) is 23.3. The number of carbonyl (C=O) groups excluding carboxylic acids is 1. The van der Waals surface area contributed by atoms with E-state index in [4.69, 9.17) is 0 Å². The van der Waals surface area contributed by atoms with Crippen LogP contribution >= 0.6 is 0 Å². The second-order valence-electron chi connectivity index (χ2n) is 7.97. The number of aliphatic hydroxyl groups excluding tert-OH is 1. The summed E-state index contributed by atoms with van der Waals surface area (Å²) in [6, 6.07) is 10.4. The number of aliphatic imine (C=N–C) groups is 1. The Kier molecular flexibility index (Phi) is 6.06. The summed E-state index contributed by atoms with van der Waals surface area (Å²) >= 11 is 0.